The number of nitrogens with one attached hydrogen (secondary N) is 1. The topological polar surface area (TPSA) is 32.3 Å². The average Bonchev–Trinajstić information content (AvgIpc) is 2.36. The highest BCUT2D eigenvalue weighted by molar-refractivity contribution is 9.10. The maximum absolute atomic E-state index is 9.05. The Morgan fingerprint density at radius 2 is 2.11 bits per heavy atom. The minimum Gasteiger partial charge on any atom is -0.396 e. The summed E-state index contributed by atoms with van der Waals surface area (Å²) < 4.78 is 1.12. The first-order chi connectivity index (χ1) is 8.67. The van der Waals surface area contributed by atoms with Gasteiger partial charge in [0.2, 0.25) is 0 Å². The Balaban J connectivity index is 2.46. The van der Waals surface area contributed by atoms with Gasteiger partial charge in [0.25, 0.3) is 0 Å². The molecule has 1 rings (SSSR count). The van der Waals surface area contributed by atoms with E-state index in [0.29, 0.717) is 12.0 Å². The molecule has 2 unspecified atom stereocenters. The summed E-state index contributed by atoms with van der Waals surface area (Å²) in [5, 5.41) is 12.6. The predicted molar refractivity (Wildman–Crippen MR) is 80.7 cm³/mol. The molecule has 2 N–H and O–H groups in total. The van der Waals surface area contributed by atoms with Crippen molar-refractivity contribution in [3.8, 4) is 0 Å². The van der Waals surface area contributed by atoms with Crippen LogP contribution in [0, 0.1) is 5.92 Å². The summed E-state index contributed by atoms with van der Waals surface area (Å²) in [5.41, 5.74) is 1.30. The van der Waals surface area contributed by atoms with E-state index < -0.39 is 0 Å². The van der Waals surface area contributed by atoms with E-state index in [2.05, 4.69) is 53.3 Å². The number of benzene rings is 1. The Labute approximate surface area is 119 Å². The lowest BCUT2D eigenvalue weighted by Crippen LogP contribution is -2.26. The summed E-state index contributed by atoms with van der Waals surface area (Å²) in [6.07, 6.45) is 3.25. The Morgan fingerprint density at radius 1 is 1.33 bits per heavy atom. The molecular weight excluding hydrogens is 290 g/mol. The summed E-state index contributed by atoms with van der Waals surface area (Å²) >= 11 is 3.50. The number of rotatable bonds is 8. The molecule has 1 aromatic rings. The second kappa shape index (κ2) is 8.68. The van der Waals surface area contributed by atoms with E-state index in [1.165, 1.54) is 18.4 Å². The van der Waals surface area contributed by atoms with E-state index in [9.17, 15) is 0 Å². The lowest BCUT2D eigenvalue weighted by molar-refractivity contribution is 0.246. The van der Waals surface area contributed by atoms with Crippen LogP contribution in [0.15, 0.2) is 28.7 Å². The van der Waals surface area contributed by atoms with Crippen LogP contribution < -0.4 is 5.32 Å². The second-order valence-electron chi connectivity index (χ2n) is 4.85. The third-order valence-electron chi connectivity index (χ3n) is 3.30. The lowest BCUT2D eigenvalue weighted by atomic mass is 9.99. The molecule has 0 spiro atoms. The molecule has 1 aromatic carbocycles. The van der Waals surface area contributed by atoms with E-state index in [-0.39, 0.29) is 6.61 Å². The van der Waals surface area contributed by atoms with Gasteiger partial charge in [-0.05, 0) is 49.9 Å². The van der Waals surface area contributed by atoms with Crippen LogP contribution >= 0.6 is 15.9 Å². The van der Waals surface area contributed by atoms with E-state index in [0.717, 1.165) is 17.4 Å². The van der Waals surface area contributed by atoms with Gasteiger partial charge < -0.3 is 10.4 Å². The van der Waals surface area contributed by atoms with Crippen LogP contribution in [-0.2, 0) is 0 Å². The van der Waals surface area contributed by atoms with Crippen molar-refractivity contribution in [3.05, 3.63) is 34.3 Å². The molecule has 0 bridgehead atoms. The molecule has 0 saturated carbocycles. The van der Waals surface area contributed by atoms with E-state index in [1.807, 2.05) is 6.07 Å². The molecule has 18 heavy (non-hydrogen) atoms. The Hall–Kier alpha value is -0.380. The Kier molecular flexibility index (Phi) is 7.56. The summed E-state index contributed by atoms with van der Waals surface area (Å²) in [6.45, 7) is 5.64. The standard InChI is InChI=1S/C15H24BrNO/c1-3-5-13(8-9-18)11-17-12(2)14-6-4-7-15(16)10-14/h4,6-7,10,12-13,17-18H,3,5,8-9,11H2,1-2H3. The average molecular weight is 314 g/mol. The molecule has 102 valence electrons. The Morgan fingerprint density at radius 3 is 2.72 bits per heavy atom. The molecule has 0 aromatic heterocycles. The van der Waals surface area contributed by atoms with Gasteiger partial charge in [-0.25, -0.2) is 0 Å². The van der Waals surface area contributed by atoms with Crippen LogP contribution in [0.3, 0.4) is 0 Å². The summed E-state index contributed by atoms with van der Waals surface area (Å²) in [7, 11) is 0. The molecule has 0 heterocycles. The molecular formula is C15H24BrNO. The number of hydrogen-bond acceptors (Lipinski definition) is 2. The van der Waals surface area contributed by atoms with Gasteiger partial charge in [-0.15, -0.1) is 0 Å². The van der Waals surface area contributed by atoms with Crippen LogP contribution in [0.1, 0.15) is 44.7 Å². The fourth-order valence-electron chi connectivity index (χ4n) is 2.18. The lowest BCUT2D eigenvalue weighted by Gasteiger charge is -2.20. The van der Waals surface area contributed by atoms with Gasteiger partial charge in [0.15, 0.2) is 0 Å². The normalized spacial score (nSPS) is 14.4. The van der Waals surface area contributed by atoms with Crippen LogP contribution in [0.5, 0.6) is 0 Å². The highest BCUT2D eigenvalue weighted by Gasteiger charge is 2.10. The van der Waals surface area contributed by atoms with Crippen molar-refractivity contribution in [1.82, 2.24) is 5.32 Å². The van der Waals surface area contributed by atoms with Gasteiger partial charge in [-0.3, -0.25) is 0 Å². The zero-order chi connectivity index (χ0) is 13.4. The fraction of sp³-hybridized carbons (Fsp3) is 0.600. The molecule has 0 aliphatic carbocycles. The first kappa shape index (κ1) is 15.7. The van der Waals surface area contributed by atoms with E-state index in [1.54, 1.807) is 0 Å². The van der Waals surface area contributed by atoms with Gasteiger partial charge in [0.1, 0.15) is 0 Å². The molecule has 0 amide bonds. The minimum absolute atomic E-state index is 0.289. The van der Waals surface area contributed by atoms with Crippen molar-refractivity contribution in [1.29, 1.82) is 0 Å². The quantitative estimate of drug-likeness (QED) is 0.763. The van der Waals surface area contributed by atoms with Crippen molar-refractivity contribution in [2.45, 2.75) is 39.2 Å². The predicted octanol–water partition coefficient (Wildman–Crippen LogP) is 3.90. The number of aliphatic hydroxyl groups is 1. The summed E-state index contributed by atoms with van der Waals surface area (Å²) in [4.78, 5) is 0. The molecule has 3 heteroatoms. The van der Waals surface area contributed by atoms with Crippen molar-refractivity contribution < 1.29 is 5.11 Å². The molecule has 0 aliphatic rings. The number of hydrogen-bond donors (Lipinski definition) is 2. The minimum atomic E-state index is 0.289. The third kappa shape index (κ3) is 5.51. The van der Waals surface area contributed by atoms with Gasteiger partial charge in [0.05, 0.1) is 0 Å². The second-order valence-corrected chi connectivity index (χ2v) is 5.77. The SMILES string of the molecule is CCCC(CCO)CNC(C)c1cccc(Br)c1. The summed E-state index contributed by atoms with van der Waals surface area (Å²) in [5.74, 6) is 0.578. The molecule has 0 radical (unpaired) electrons. The highest BCUT2D eigenvalue weighted by atomic mass is 79.9. The number of halogens is 1. The zero-order valence-electron chi connectivity index (χ0n) is 11.3. The van der Waals surface area contributed by atoms with E-state index in [4.69, 9.17) is 5.11 Å². The van der Waals surface area contributed by atoms with Crippen LogP contribution in [0.25, 0.3) is 0 Å². The molecule has 2 atom stereocenters. The highest BCUT2D eigenvalue weighted by Crippen LogP contribution is 2.19. The van der Waals surface area contributed by atoms with Gasteiger partial charge in [0, 0.05) is 17.1 Å². The molecule has 0 saturated heterocycles. The molecule has 0 aliphatic heterocycles. The third-order valence-corrected chi connectivity index (χ3v) is 3.79. The number of aliphatic hydroxyl groups excluding tert-OH is 1. The monoisotopic (exact) mass is 313 g/mol. The van der Waals surface area contributed by atoms with Crippen molar-refractivity contribution >= 4 is 15.9 Å². The zero-order valence-corrected chi connectivity index (χ0v) is 12.9. The van der Waals surface area contributed by atoms with Crippen LogP contribution in [-0.4, -0.2) is 18.3 Å². The largest absolute Gasteiger partial charge is 0.396 e. The van der Waals surface area contributed by atoms with Crippen molar-refractivity contribution in [3.63, 3.8) is 0 Å². The van der Waals surface area contributed by atoms with Crippen molar-refractivity contribution in [2.75, 3.05) is 13.2 Å². The van der Waals surface area contributed by atoms with Crippen LogP contribution in [0.2, 0.25) is 0 Å². The first-order valence-corrected chi connectivity index (χ1v) is 7.56. The summed E-state index contributed by atoms with van der Waals surface area (Å²) in [6, 6.07) is 8.75. The molecule has 0 fully saturated rings. The van der Waals surface area contributed by atoms with Gasteiger partial charge >= 0.3 is 0 Å². The van der Waals surface area contributed by atoms with Gasteiger partial charge in [-0.1, -0.05) is 41.4 Å². The van der Waals surface area contributed by atoms with Crippen molar-refractivity contribution in [2.24, 2.45) is 5.92 Å². The fourth-order valence-corrected chi connectivity index (χ4v) is 2.59. The maximum atomic E-state index is 9.05. The molecule has 2 nitrogen and oxygen atoms in total. The van der Waals surface area contributed by atoms with E-state index >= 15 is 0 Å². The Bertz CT molecular complexity index is 337. The maximum Gasteiger partial charge on any atom is 0.0434 e. The van der Waals surface area contributed by atoms with Gasteiger partial charge in [-0.2, -0.15) is 0 Å². The first-order valence-electron chi connectivity index (χ1n) is 6.77. The van der Waals surface area contributed by atoms with Crippen LogP contribution in [0.4, 0.5) is 0 Å². The smallest absolute Gasteiger partial charge is 0.0434 e.